The summed E-state index contributed by atoms with van der Waals surface area (Å²) < 4.78 is 5.30. The minimum Gasteiger partial charge on any atom is -0.495 e. The van der Waals surface area contributed by atoms with Crippen molar-refractivity contribution in [2.45, 2.75) is 18.9 Å². The summed E-state index contributed by atoms with van der Waals surface area (Å²) >= 11 is 0. The summed E-state index contributed by atoms with van der Waals surface area (Å²) in [5.74, 6) is -2.52. The van der Waals surface area contributed by atoms with Crippen LogP contribution < -0.4 is 31.3 Å². The number of non-ortho nitro benzene ring substituents is 1. The Bertz CT molecular complexity index is 1090. The molecule has 0 aliphatic carbocycles. The van der Waals surface area contributed by atoms with E-state index in [1.807, 2.05) is 6.07 Å². The molecule has 12 heteroatoms. The predicted molar refractivity (Wildman–Crippen MR) is 117 cm³/mol. The standard InChI is InChI=1S/C21H22N6O6/c1-33-15-5-3-2-4-14(15)23-21-25-18-17(20(30)26-21)13(10-16(28)24-18)19(29)22-11-6-8-12(9-7-11)27(31)32/h2-9,13,17-18,21,23,25H,10H2,1H3,(H,22,29)(H,24,28)(H,26,30). The Morgan fingerprint density at radius 2 is 1.85 bits per heavy atom. The maximum atomic E-state index is 12.9. The van der Waals surface area contributed by atoms with E-state index in [1.54, 1.807) is 18.2 Å². The normalized spacial score (nSPS) is 24.0. The van der Waals surface area contributed by atoms with Crippen LogP contribution in [-0.4, -0.2) is 42.2 Å². The van der Waals surface area contributed by atoms with Gasteiger partial charge in [-0.15, -0.1) is 0 Å². The average Bonchev–Trinajstić information content (AvgIpc) is 2.79. The smallest absolute Gasteiger partial charge is 0.269 e. The molecule has 172 valence electrons. The summed E-state index contributed by atoms with van der Waals surface area (Å²) in [7, 11) is 1.53. The molecule has 33 heavy (non-hydrogen) atoms. The average molecular weight is 454 g/mol. The maximum absolute atomic E-state index is 12.9. The van der Waals surface area contributed by atoms with Gasteiger partial charge in [-0.1, -0.05) is 12.1 Å². The third-order valence-electron chi connectivity index (χ3n) is 5.54. The van der Waals surface area contributed by atoms with Crippen LogP contribution >= 0.6 is 0 Å². The van der Waals surface area contributed by atoms with Crippen molar-refractivity contribution in [1.82, 2.24) is 16.0 Å². The zero-order chi connectivity index (χ0) is 23.5. The third kappa shape index (κ3) is 4.70. The Kier molecular flexibility index (Phi) is 6.09. The van der Waals surface area contributed by atoms with Crippen LogP contribution in [-0.2, 0) is 14.4 Å². The zero-order valence-corrected chi connectivity index (χ0v) is 17.5. The summed E-state index contributed by atoms with van der Waals surface area (Å²) in [6.07, 6.45) is -1.66. The Morgan fingerprint density at radius 1 is 1.12 bits per heavy atom. The zero-order valence-electron chi connectivity index (χ0n) is 17.5. The molecule has 2 aliphatic rings. The topological polar surface area (TPSA) is 164 Å². The van der Waals surface area contributed by atoms with Crippen LogP contribution in [0.5, 0.6) is 5.75 Å². The largest absolute Gasteiger partial charge is 0.495 e. The fourth-order valence-electron chi connectivity index (χ4n) is 3.97. The van der Waals surface area contributed by atoms with Gasteiger partial charge in [0.05, 0.1) is 35.7 Å². The second kappa shape index (κ2) is 9.12. The molecule has 2 aromatic rings. The molecule has 4 atom stereocenters. The van der Waals surface area contributed by atoms with E-state index in [2.05, 4.69) is 26.6 Å². The highest BCUT2D eigenvalue weighted by molar-refractivity contribution is 6.00. The molecule has 5 N–H and O–H groups in total. The van der Waals surface area contributed by atoms with Gasteiger partial charge in [-0.3, -0.25) is 29.8 Å². The van der Waals surface area contributed by atoms with Crippen molar-refractivity contribution in [3.63, 3.8) is 0 Å². The van der Waals surface area contributed by atoms with Crippen molar-refractivity contribution in [2.75, 3.05) is 17.7 Å². The first-order chi connectivity index (χ1) is 15.9. The Hall–Kier alpha value is -4.19. The summed E-state index contributed by atoms with van der Waals surface area (Å²) in [6.45, 7) is 0. The van der Waals surface area contributed by atoms with E-state index in [9.17, 15) is 24.5 Å². The molecule has 4 rings (SSSR count). The lowest BCUT2D eigenvalue weighted by molar-refractivity contribution is -0.384. The van der Waals surface area contributed by atoms with Gasteiger partial charge < -0.3 is 26.0 Å². The molecular weight excluding hydrogens is 432 g/mol. The first kappa shape index (κ1) is 22.0. The molecule has 2 fully saturated rings. The number of carbonyl (C=O) groups excluding carboxylic acids is 3. The lowest BCUT2D eigenvalue weighted by Gasteiger charge is -2.43. The number of piperidine rings is 1. The molecule has 2 aromatic carbocycles. The number of nitrogens with one attached hydrogen (secondary N) is 5. The molecule has 0 aromatic heterocycles. The van der Waals surface area contributed by atoms with Gasteiger partial charge in [0.1, 0.15) is 5.75 Å². The van der Waals surface area contributed by atoms with Gasteiger partial charge in [0.2, 0.25) is 17.7 Å². The van der Waals surface area contributed by atoms with E-state index in [1.165, 1.54) is 31.4 Å². The van der Waals surface area contributed by atoms with E-state index in [-0.39, 0.29) is 18.0 Å². The van der Waals surface area contributed by atoms with Crippen LogP contribution in [0.1, 0.15) is 6.42 Å². The van der Waals surface area contributed by atoms with E-state index in [0.29, 0.717) is 17.1 Å². The van der Waals surface area contributed by atoms with Crippen LogP contribution in [0.25, 0.3) is 0 Å². The van der Waals surface area contributed by atoms with Crippen molar-refractivity contribution >= 4 is 34.8 Å². The SMILES string of the molecule is COc1ccccc1NC1NC(=O)C2C(NC(=O)CC2C(=O)Nc2ccc([N+](=O)[O-])cc2)N1. The van der Waals surface area contributed by atoms with Crippen LogP contribution in [0.4, 0.5) is 17.1 Å². The number of carbonyl (C=O) groups is 3. The fourth-order valence-corrected chi connectivity index (χ4v) is 3.97. The second-order valence-corrected chi connectivity index (χ2v) is 7.63. The van der Waals surface area contributed by atoms with Crippen LogP contribution in [0.15, 0.2) is 48.5 Å². The lowest BCUT2D eigenvalue weighted by atomic mass is 9.81. The molecule has 4 unspecified atom stereocenters. The highest BCUT2D eigenvalue weighted by Gasteiger charge is 2.48. The van der Waals surface area contributed by atoms with Gasteiger partial charge in [-0.05, 0) is 24.3 Å². The van der Waals surface area contributed by atoms with Crippen molar-refractivity contribution in [3.8, 4) is 5.75 Å². The number of methoxy groups -OCH3 is 1. The lowest BCUT2D eigenvalue weighted by Crippen LogP contribution is -2.72. The minimum absolute atomic E-state index is 0.116. The number of hydrogen-bond donors (Lipinski definition) is 5. The summed E-state index contributed by atoms with van der Waals surface area (Å²) in [5, 5.41) is 25.1. The Morgan fingerprint density at radius 3 is 2.55 bits per heavy atom. The van der Waals surface area contributed by atoms with Crippen LogP contribution in [0, 0.1) is 22.0 Å². The fraction of sp³-hybridized carbons (Fsp3) is 0.286. The van der Waals surface area contributed by atoms with Crippen LogP contribution in [0.3, 0.4) is 0 Å². The number of ether oxygens (including phenoxy) is 1. The number of hydrogen-bond acceptors (Lipinski definition) is 8. The Balaban J connectivity index is 1.47. The van der Waals surface area contributed by atoms with Crippen molar-refractivity contribution in [1.29, 1.82) is 0 Å². The number of nitrogens with zero attached hydrogens (tertiary/aromatic N) is 1. The number of amides is 3. The summed E-state index contributed by atoms with van der Waals surface area (Å²) in [5.41, 5.74) is 0.841. The molecule has 3 amide bonds. The highest BCUT2D eigenvalue weighted by Crippen LogP contribution is 2.29. The van der Waals surface area contributed by atoms with Crippen LogP contribution in [0.2, 0.25) is 0 Å². The summed E-state index contributed by atoms with van der Waals surface area (Å²) in [6, 6.07) is 12.5. The van der Waals surface area contributed by atoms with Crippen molar-refractivity contribution in [3.05, 3.63) is 58.6 Å². The van der Waals surface area contributed by atoms with Gasteiger partial charge in [0.25, 0.3) is 5.69 Å². The van der Waals surface area contributed by atoms with Gasteiger partial charge in [0, 0.05) is 24.2 Å². The first-order valence-corrected chi connectivity index (χ1v) is 10.2. The van der Waals surface area contributed by atoms with Gasteiger partial charge in [-0.25, -0.2) is 0 Å². The first-order valence-electron chi connectivity index (χ1n) is 10.2. The quantitative estimate of drug-likeness (QED) is 0.315. The van der Waals surface area contributed by atoms with E-state index >= 15 is 0 Å². The molecular formula is C21H22N6O6. The number of benzene rings is 2. The molecule has 0 saturated carbocycles. The Labute approximate surface area is 188 Å². The maximum Gasteiger partial charge on any atom is 0.269 e. The van der Waals surface area contributed by atoms with Gasteiger partial charge in [0.15, 0.2) is 6.29 Å². The van der Waals surface area contributed by atoms with E-state index < -0.39 is 41.0 Å². The van der Waals surface area contributed by atoms with E-state index in [0.717, 1.165) is 0 Å². The van der Waals surface area contributed by atoms with Crippen molar-refractivity contribution in [2.24, 2.45) is 11.8 Å². The van der Waals surface area contributed by atoms with Crippen molar-refractivity contribution < 1.29 is 24.0 Å². The highest BCUT2D eigenvalue weighted by atomic mass is 16.6. The number of para-hydroxylation sites is 2. The molecule has 12 nitrogen and oxygen atoms in total. The monoisotopic (exact) mass is 454 g/mol. The molecule has 2 saturated heterocycles. The van der Waals surface area contributed by atoms with Gasteiger partial charge in [-0.2, -0.15) is 0 Å². The third-order valence-corrected chi connectivity index (χ3v) is 5.54. The molecule has 0 radical (unpaired) electrons. The number of nitro groups is 1. The molecule has 0 bridgehead atoms. The molecule has 2 heterocycles. The number of anilines is 2. The second-order valence-electron chi connectivity index (χ2n) is 7.63. The number of fused-ring (bicyclic) bond motifs is 1. The molecule has 2 aliphatic heterocycles. The van der Waals surface area contributed by atoms with Gasteiger partial charge >= 0.3 is 0 Å². The minimum atomic E-state index is -0.932. The molecule has 0 spiro atoms. The predicted octanol–water partition coefficient (Wildman–Crippen LogP) is 0.735. The summed E-state index contributed by atoms with van der Waals surface area (Å²) in [4.78, 5) is 48.4. The van der Waals surface area contributed by atoms with E-state index in [4.69, 9.17) is 4.74 Å². The number of nitro benzene ring substituents is 1. The number of rotatable bonds is 6.